The summed E-state index contributed by atoms with van der Waals surface area (Å²) in [6.07, 6.45) is 3.70. The summed E-state index contributed by atoms with van der Waals surface area (Å²) in [4.78, 5) is 36.4. The van der Waals surface area contributed by atoms with E-state index >= 15 is 0 Å². The van der Waals surface area contributed by atoms with Crippen molar-refractivity contribution in [3.8, 4) is 11.8 Å². The highest BCUT2D eigenvalue weighted by molar-refractivity contribution is 5.94. The van der Waals surface area contributed by atoms with Gasteiger partial charge < -0.3 is 14.6 Å². The van der Waals surface area contributed by atoms with Crippen LogP contribution in [0.1, 0.15) is 35.2 Å². The number of rotatable bonds is 3. The molecule has 1 saturated heterocycles. The fraction of sp³-hybridized carbons (Fsp3) is 0.250. The second-order valence-electron chi connectivity index (χ2n) is 5.88. The van der Waals surface area contributed by atoms with Gasteiger partial charge in [0, 0.05) is 30.3 Å². The molecule has 2 heterocycles. The molecule has 3 rings (SSSR count). The Balaban J connectivity index is 1.55. The van der Waals surface area contributed by atoms with E-state index in [-0.39, 0.29) is 23.9 Å². The summed E-state index contributed by atoms with van der Waals surface area (Å²) < 4.78 is 4.64. The molecule has 26 heavy (non-hydrogen) atoms. The highest BCUT2D eigenvalue weighted by Gasteiger charge is 2.19. The van der Waals surface area contributed by atoms with E-state index in [0.29, 0.717) is 6.42 Å². The van der Waals surface area contributed by atoms with Crippen LogP contribution in [0, 0.1) is 11.8 Å². The Morgan fingerprint density at radius 1 is 1.12 bits per heavy atom. The number of anilines is 1. The lowest BCUT2D eigenvalue weighted by Crippen LogP contribution is -2.35. The number of carbonyl (C=O) groups excluding carboxylic acids is 2. The average Bonchev–Trinajstić information content (AvgIpc) is 2.67. The van der Waals surface area contributed by atoms with Crippen LogP contribution in [-0.4, -0.2) is 24.9 Å². The predicted molar refractivity (Wildman–Crippen MR) is 96.8 cm³/mol. The molecular weight excluding hydrogens is 332 g/mol. The van der Waals surface area contributed by atoms with Crippen LogP contribution in [0.25, 0.3) is 0 Å². The maximum Gasteiger partial charge on any atom is 0.335 e. The van der Waals surface area contributed by atoms with Crippen LogP contribution < -0.4 is 15.8 Å². The van der Waals surface area contributed by atoms with E-state index < -0.39 is 5.63 Å². The zero-order valence-corrected chi connectivity index (χ0v) is 14.2. The summed E-state index contributed by atoms with van der Waals surface area (Å²) in [6.45, 7) is 0.930. The van der Waals surface area contributed by atoms with Crippen molar-refractivity contribution in [2.75, 3.05) is 18.0 Å². The van der Waals surface area contributed by atoms with Gasteiger partial charge in [-0.25, -0.2) is 4.79 Å². The molecule has 1 aliphatic heterocycles. The van der Waals surface area contributed by atoms with Crippen molar-refractivity contribution in [2.24, 2.45) is 0 Å². The molecule has 6 nitrogen and oxygen atoms in total. The normalized spacial score (nSPS) is 13.7. The number of piperidine rings is 1. The molecule has 0 radical (unpaired) electrons. The molecule has 0 spiro atoms. The Kier molecular flexibility index (Phi) is 5.49. The number of carbonyl (C=O) groups is 2. The second kappa shape index (κ2) is 8.17. The number of nitrogens with one attached hydrogen (secondary N) is 1. The van der Waals surface area contributed by atoms with Gasteiger partial charge in [-0.2, -0.15) is 0 Å². The molecule has 0 bridgehead atoms. The van der Waals surface area contributed by atoms with Crippen LogP contribution in [0.2, 0.25) is 0 Å². The standard InChI is InChI=1S/C20H18N2O4/c23-18-5-1-2-13-22(18)17-9-6-15(7-10-17)4-3-12-21-20(25)16-8-11-19(24)26-14-16/h6-11,14H,1-2,5,12-13H2,(H,21,25). The molecule has 1 N–H and O–H groups in total. The van der Waals surface area contributed by atoms with Crippen LogP contribution in [0.4, 0.5) is 5.69 Å². The zero-order chi connectivity index (χ0) is 18.4. The molecule has 0 unspecified atom stereocenters. The first kappa shape index (κ1) is 17.5. The van der Waals surface area contributed by atoms with Gasteiger partial charge in [-0.3, -0.25) is 9.59 Å². The van der Waals surface area contributed by atoms with E-state index in [1.165, 1.54) is 12.1 Å². The Morgan fingerprint density at radius 3 is 2.62 bits per heavy atom. The van der Waals surface area contributed by atoms with Gasteiger partial charge in [-0.05, 0) is 43.2 Å². The molecule has 1 fully saturated rings. The van der Waals surface area contributed by atoms with E-state index in [4.69, 9.17) is 0 Å². The van der Waals surface area contributed by atoms with Crippen LogP contribution in [0.5, 0.6) is 0 Å². The molecule has 2 aromatic rings. The number of hydrogen-bond donors (Lipinski definition) is 1. The third-order valence-electron chi connectivity index (χ3n) is 4.04. The molecule has 132 valence electrons. The Bertz CT molecular complexity index is 899. The van der Waals surface area contributed by atoms with Gasteiger partial charge in [-0.15, -0.1) is 0 Å². The van der Waals surface area contributed by atoms with Gasteiger partial charge in [0.1, 0.15) is 6.26 Å². The van der Waals surface area contributed by atoms with Crippen molar-refractivity contribution in [2.45, 2.75) is 19.3 Å². The van der Waals surface area contributed by atoms with Gasteiger partial charge in [0.2, 0.25) is 5.91 Å². The Hall–Kier alpha value is -3.33. The van der Waals surface area contributed by atoms with E-state index in [9.17, 15) is 14.4 Å². The minimum absolute atomic E-state index is 0.162. The molecule has 0 saturated carbocycles. The van der Waals surface area contributed by atoms with Gasteiger partial charge in [0.05, 0.1) is 12.1 Å². The van der Waals surface area contributed by atoms with Crippen molar-refractivity contribution in [1.29, 1.82) is 0 Å². The van der Waals surface area contributed by atoms with Crippen molar-refractivity contribution in [1.82, 2.24) is 5.32 Å². The van der Waals surface area contributed by atoms with E-state index in [1.807, 2.05) is 24.3 Å². The zero-order valence-electron chi connectivity index (χ0n) is 14.2. The Morgan fingerprint density at radius 2 is 1.92 bits per heavy atom. The molecule has 1 aromatic carbocycles. The monoisotopic (exact) mass is 350 g/mol. The number of amides is 2. The first-order valence-electron chi connectivity index (χ1n) is 8.40. The van der Waals surface area contributed by atoms with Crippen LogP contribution in [-0.2, 0) is 4.79 Å². The maximum absolute atomic E-state index is 11.9. The summed E-state index contributed by atoms with van der Waals surface area (Å²) in [6, 6.07) is 10.1. The van der Waals surface area contributed by atoms with Crippen LogP contribution >= 0.6 is 0 Å². The maximum atomic E-state index is 11.9. The summed E-state index contributed by atoms with van der Waals surface area (Å²) in [7, 11) is 0. The third-order valence-corrected chi connectivity index (χ3v) is 4.04. The van der Waals surface area contributed by atoms with Gasteiger partial charge in [0.25, 0.3) is 5.91 Å². The summed E-state index contributed by atoms with van der Waals surface area (Å²) in [5, 5.41) is 2.63. The van der Waals surface area contributed by atoms with Crippen LogP contribution in [0.15, 0.2) is 51.9 Å². The predicted octanol–water partition coefficient (Wildman–Crippen LogP) is 1.94. The Labute approximate surface area is 150 Å². The third kappa shape index (κ3) is 4.39. The fourth-order valence-electron chi connectivity index (χ4n) is 2.66. The van der Waals surface area contributed by atoms with E-state index in [2.05, 4.69) is 21.6 Å². The van der Waals surface area contributed by atoms with Crippen molar-refractivity contribution in [3.05, 3.63) is 64.2 Å². The molecule has 6 heteroatoms. The lowest BCUT2D eigenvalue weighted by Gasteiger charge is -2.26. The average molecular weight is 350 g/mol. The fourth-order valence-corrected chi connectivity index (χ4v) is 2.66. The lowest BCUT2D eigenvalue weighted by molar-refractivity contribution is -0.119. The van der Waals surface area contributed by atoms with E-state index in [0.717, 1.165) is 36.9 Å². The summed E-state index contributed by atoms with van der Waals surface area (Å²) in [5.41, 5.74) is 1.45. The molecule has 1 aromatic heterocycles. The van der Waals surface area contributed by atoms with Gasteiger partial charge in [0.15, 0.2) is 0 Å². The molecule has 0 aliphatic carbocycles. The van der Waals surface area contributed by atoms with Crippen LogP contribution in [0.3, 0.4) is 0 Å². The second-order valence-corrected chi connectivity index (χ2v) is 5.88. The molecular formula is C20H18N2O4. The highest BCUT2D eigenvalue weighted by atomic mass is 16.4. The minimum atomic E-state index is -0.504. The molecule has 1 aliphatic rings. The topological polar surface area (TPSA) is 79.6 Å². The van der Waals surface area contributed by atoms with E-state index in [1.54, 1.807) is 4.90 Å². The number of hydrogen-bond acceptors (Lipinski definition) is 4. The minimum Gasteiger partial charge on any atom is -0.430 e. The number of nitrogens with zero attached hydrogens (tertiary/aromatic N) is 1. The first-order chi connectivity index (χ1) is 12.6. The van der Waals surface area contributed by atoms with Crippen molar-refractivity contribution >= 4 is 17.5 Å². The van der Waals surface area contributed by atoms with Crippen molar-refractivity contribution in [3.63, 3.8) is 0 Å². The van der Waals surface area contributed by atoms with Gasteiger partial charge in [-0.1, -0.05) is 11.8 Å². The van der Waals surface area contributed by atoms with Gasteiger partial charge >= 0.3 is 5.63 Å². The molecule has 0 atom stereocenters. The smallest absolute Gasteiger partial charge is 0.335 e. The quantitative estimate of drug-likeness (QED) is 0.858. The lowest BCUT2D eigenvalue weighted by atomic mass is 10.1. The highest BCUT2D eigenvalue weighted by Crippen LogP contribution is 2.20. The number of benzene rings is 1. The molecule has 2 amide bonds. The first-order valence-corrected chi connectivity index (χ1v) is 8.40. The van der Waals surface area contributed by atoms with Crippen molar-refractivity contribution < 1.29 is 14.0 Å². The summed E-state index contributed by atoms with van der Waals surface area (Å²) >= 11 is 0. The SMILES string of the molecule is O=C(NCC#Cc1ccc(N2CCCCC2=O)cc1)c1ccc(=O)oc1. The largest absolute Gasteiger partial charge is 0.430 e. The summed E-state index contributed by atoms with van der Waals surface area (Å²) in [5.74, 6) is 5.63.